The summed E-state index contributed by atoms with van der Waals surface area (Å²) in [5.74, 6) is -2.20. The number of Topliss-reactive ketones (excluding diaryl/α,β-unsaturated/α-hetero) is 1. The van der Waals surface area contributed by atoms with Gasteiger partial charge in [0.2, 0.25) is 0 Å². The topological polar surface area (TPSA) is 39.1 Å². The molecule has 0 saturated heterocycles. The van der Waals surface area contributed by atoms with Gasteiger partial charge in [0.1, 0.15) is 4.88 Å². The van der Waals surface area contributed by atoms with Crippen molar-refractivity contribution < 1.29 is 31.1 Å². The van der Waals surface area contributed by atoms with Crippen LogP contribution in [-0.2, 0) is 19.1 Å². The normalized spacial score (nSPS) is 12.0. The van der Waals surface area contributed by atoms with Crippen LogP contribution >= 0.6 is 22.9 Å². The Labute approximate surface area is 145 Å². The summed E-state index contributed by atoms with van der Waals surface area (Å²) in [6, 6.07) is 1.27. The molecule has 0 bridgehead atoms. The number of halogens is 7. The molecule has 0 atom stereocenters. The van der Waals surface area contributed by atoms with Crippen LogP contribution in [0, 0.1) is 5.82 Å². The first-order valence-electron chi connectivity index (χ1n) is 6.55. The minimum Gasteiger partial charge on any atom is -0.307 e. The minimum absolute atomic E-state index is 0.127. The Bertz CT molecular complexity index is 858. The van der Waals surface area contributed by atoms with Crippen LogP contribution in [-0.4, -0.2) is 16.8 Å². The Morgan fingerprint density at radius 3 is 2.44 bits per heavy atom. The average Bonchev–Trinajstić information content (AvgIpc) is 2.86. The molecule has 0 aliphatic carbocycles. The van der Waals surface area contributed by atoms with E-state index in [4.69, 9.17) is 11.6 Å². The SMILES string of the molecule is O=C(Cc1cc(F)c(=O)n(CC(F)F)c1)c1sc(C(F)(F)F)cc1Cl. The van der Waals surface area contributed by atoms with E-state index in [1.165, 1.54) is 0 Å². The molecule has 0 amide bonds. The highest BCUT2D eigenvalue weighted by atomic mass is 35.5. The van der Waals surface area contributed by atoms with Gasteiger partial charge in [0.05, 0.1) is 16.4 Å². The van der Waals surface area contributed by atoms with Gasteiger partial charge in [-0.05, 0) is 17.7 Å². The van der Waals surface area contributed by atoms with Crippen LogP contribution < -0.4 is 5.56 Å². The minimum atomic E-state index is -4.68. The maximum Gasteiger partial charge on any atom is 0.425 e. The van der Waals surface area contributed by atoms with Crippen molar-refractivity contribution >= 4 is 28.7 Å². The maximum absolute atomic E-state index is 13.5. The van der Waals surface area contributed by atoms with E-state index in [2.05, 4.69) is 0 Å². The second-order valence-corrected chi connectivity index (χ2v) is 6.39. The fraction of sp³-hybridized carbons (Fsp3) is 0.286. The standard InChI is InChI=1S/C14H8ClF6NO2S/c15-7-3-10(14(19,20)21)25-12(7)9(23)2-6-1-8(16)13(24)22(4-6)5-11(17)18/h1,3-4,11H,2,5H2. The molecule has 0 unspecified atom stereocenters. The van der Waals surface area contributed by atoms with E-state index in [0.29, 0.717) is 16.7 Å². The lowest BCUT2D eigenvalue weighted by atomic mass is 10.1. The van der Waals surface area contributed by atoms with Crippen molar-refractivity contribution in [2.24, 2.45) is 0 Å². The molecular weight excluding hydrogens is 396 g/mol. The second kappa shape index (κ2) is 7.20. The first-order valence-corrected chi connectivity index (χ1v) is 7.75. The van der Waals surface area contributed by atoms with Crippen molar-refractivity contribution in [1.82, 2.24) is 4.57 Å². The molecule has 3 nitrogen and oxygen atoms in total. The van der Waals surface area contributed by atoms with E-state index in [1.54, 1.807) is 0 Å². The average molecular weight is 404 g/mol. The molecule has 0 aromatic carbocycles. The third kappa shape index (κ3) is 4.63. The lowest BCUT2D eigenvalue weighted by Crippen LogP contribution is -2.26. The number of hydrogen-bond acceptors (Lipinski definition) is 3. The monoisotopic (exact) mass is 403 g/mol. The second-order valence-electron chi connectivity index (χ2n) is 4.93. The van der Waals surface area contributed by atoms with Gasteiger partial charge < -0.3 is 4.57 Å². The highest BCUT2D eigenvalue weighted by Crippen LogP contribution is 2.39. The van der Waals surface area contributed by atoms with Crippen LogP contribution in [0.4, 0.5) is 26.3 Å². The number of rotatable bonds is 5. The summed E-state index contributed by atoms with van der Waals surface area (Å²) in [5, 5.41) is -0.413. The van der Waals surface area contributed by atoms with E-state index >= 15 is 0 Å². The molecule has 0 fully saturated rings. The van der Waals surface area contributed by atoms with E-state index in [0.717, 1.165) is 6.20 Å². The molecule has 0 aliphatic rings. The van der Waals surface area contributed by atoms with Crippen molar-refractivity contribution in [1.29, 1.82) is 0 Å². The van der Waals surface area contributed by atoms with Crippen LogP contribution in [0.3, 0.4) is 0 Å². The molecule has 11 heteroatoms. The molecule has 0 radical (unpaired) electrons. The Balaban J connectivity index is 2.31. The number of pyridine rings is 1. The Kier molecular flexibility index (Phi) is 5.62. The highest BCUT2D eigenvalue weighted by Gasteiger charge is 2.34. The molecular formula is C14H8ClF6NO2S. The van der Waals surface area contributed by atoms with E-state index in [9.17, 15) is 35.9 Å². The van der Waals surface area contributed by atoms with Crippen LogP contribution in [0.25, 0.3) is 0 Å². The number of nitrogens with zero attached hydrogens (tertiary/aromatic N) is 1. The Hall–Kier alpha value is -1.81. The molecule has 2 rings (SSSR count). The molecule has 136 valence electrons. The number of ketones is 1. The summed E-state index contributed by atoms with van der Waals surface area (Å²) in [7, 11) is 0. The van der Waals surface area contributed by atoms with Gasteiger partial charge in [0.15, 0.2) is 11.6 Å². The van der Waals surface area contributed by atoms with Gasteiger partial charge in [-0.2, -0.15) is 13.2 Å². The van der Waals surface area contributed by atoms with Crippen LogP contribution in [0.15, 0.2) is 23.1 Å². The first kappa shape index (κ1) is 19.5. The number of carbonyl (C=O) groups excluding carboxylic acids is 1. The van der Waals surface area contributed by atoms with Gasteiger partial charge in [-0.25, -0.2) is 13.2 Å². The van der Waals surface area contributed by atoms with Gasteiger partial charge in [-0.3, -0.25) is 9.59 Å². The molecule has 2 aromatic rings. The number of hydrogen-bond donors (Lipinski definition) is 0. The largest absolute Gasteiger partial charge is 0.425 e. The quantitative estimate of drug-likeness (QED) is 0.548. The van der Waals surface area contributed by atoms with Crippen LogP contribution in [0.5, 0.6) is 0 Å². The van der Waals surface area contributed by atoms with Crippen molar-refractivity contribution in [2.75, 3.05) is 0 Å². The molecule has 0 N–H and O–H groups in total. The Morgan fingerprint density at radius 1 is 1.28 bits per heavy atom. The van der Waals surface area contributed by atoms with Gasteiger partial charge in [-0.1, -0.05) is 11.6 Å². The molecule has 0 aliphatic heterocycles. The van der Waals surface area contributed by atoms with E-state index in [1.807, 2.05) is 0 Å². The van der Waals surface area contributed by atoms with Crippen molar-refractivity contribution in [2.45, 2.75) is 25.6 Å². The van der Waals surface area contributed by atoms with Crippen molar-refractivity contribution in [3.05, 3.63) is 54.8 Å². The fourth-order valence-corrected chi connectivity index (χ4v) is 3.25. The Morgan fingerprint density at radius 2 is 1.92 bits per heavy atom. The smallest absolute Gasteiger partial charge is 0.307 e. The summed E-state index contributed by atoms with van der Waals surface area (Å²) in [6.07, 6.45) is -7.34. The van der Waals surface area contributed by atoms with Gasteiger partial charge >= 0.3 is 6.18 Å². The predicted octanol–water partition coefficient (Wildman–Crippen LogP) is 4.41. The van der Waals surface area contributed by atoms with E-state index < -0.39 is 52.6 Å². The third-order valence-electron chi connectivity index (χ3n) is 3.02. The zero-order valence-corrected chi connectivity index (χ0v) is 13.6. The summed E-state index contributed by atoms with van der Waals surface area (Å²) >= 11 is 5.76. The zero-order chi connectivity index (χ0) is 18.9. The number of alkyl halides is 5. The molecule has 2 heterocycles. The van der Waals surface area contributed by atoms with Gasteiger partial charge in [0.25, 0.3) is 12.0 Å². The number of carbonyl (C=O) groups is 1. The number of thiophene rings is 1. The molecule has 0 saturated carbocycles. The molecule has 25 heavy (non-hydrogen) atoms. The highest BCUT2D eigenvalue weighted by molar-refractivity contribution is 7.14. The zero-order valence-electron chi connectivity index (χ0n) is 12.0. The molecule has 2 aromatic heterocycles. The van der Waals surface area contributed by atoms with Gasteiger partial charge in [0, 0.05) is 12.6 Å². The summed E-state index contributed by atoms with van der Waals surface area (Å²) in [4.78, 5) is 22.0. The summed E-state index contributed by atoms with van der Waals surface area (Å²) < 4.78 is 76.6. The summed E-state index contributed by atoms with van der Waals surface area (Å²) in [6.45, 7) is -1.07. The first-order chi connectivity index (χ1) is 11.5. The predicted molar refractivity (Wildman–Crippen MR) is 79.0 cm³/mol. The third-order valence-corrected chi connectivity index (χ3v) is 4.65. The lowest BCUT2D eigenvalue weighted by molar-refractivity contribution is -0.134. The molecule has 0 spiro atoms. The van der Waals surface area contributed by atoms with Crippen molar-refractivity contribution in [3.63, 3.8) is 0 Å². The fourth-order valence-electron chi connectivity index (χ4n) is 2.00. The summed E-state index contributed by atoms with van der Waals surface area (Å²) in [5.41, 5.74) is -1.43. The van der Waals surface area contributed by atoms with Crippen LogP contribution in [0.1, 0.15) is 20.1 Å². The van der Waals surface area contributed by atoms with Gasteiger partial charge in [-0.15, -0.1) is 11.3 Å². The van der Waals surface area contributed by atoms with E-state index in [-0.39, 0.29) is 21.8 Å². The van der Waals surface area contributed by atoms with Crippen LogP contribution in [0.2, 0.25) is 5.02 Å². The maximum atomic E-state index is 13.5. The van der Waals surface area contributed by atoms with Crippen molar-refractivity contribution in [3.8, 4) is 0 Å². The number of aromatic nitrogens is 1. The lowest BCUT2D eigenvalue weighted by Gasteiger charge is -2.08.